The van der Waals surface area contributed by atoms with Crippen molar-refractivity contribution in [3.8, 4) is 0 Å². The lowest BCUT2D eigenvalue weighted by atomic mass is 9.96. The molecule has 238 valence electrons. The fourth-order valence-corrected chi connectivity index (χ4v) is 8.01. The van der Waals surface area contributed by atoms with Crippen molar-refractivity contribution in [1.82, 2.24) is 19.0 Å². The van der Waals surface area contributed by atoms with Crippen molar-refractivity contribution < 1.29 is 32.3 Å². The van der Waals surface area contributed by atoms with Crippen molar-refractivity contribution in [3.63, 3.8) is 0 Å². The van der Waals surface area contributed by atoms with Gasteiger partial charge in [0.2, 0.25) is 21.8 Å². The average Bonchev–Trinajstić information content (AvgIpc) is 2.99. The zero-order valence-corrected chi connectivity index (χ0v) is 26.7. The lowest BCUT2D eigenvalue weighted by Crippen LogP contribution is -2.76. The second kappa shape index (κ2) is 13.0. The first-order valence-corrected chi connectivity index (χ1v) is 16.4. The summed E-state index contributed by atoms with van der Waals surface area (Å²) in [6, 6.07) is 15.0. The first-order chi connectivity index (χ1) is 21.3. The summed E-state index contributed by atoms with van der Waals surface area (Å²) in [5.74, 6) is -1.99. The minimum atomic E-state index is -4.65. The number of amides is 3. The fourth-order valence-electron chi connectivity index (χ4n) is 5.82. The van der Waals surface area contributed by atoms with Gasteiger partial charge in [0.1, 0.15) is 29.0 Å². The van der Waals surface area contributed by atoms with Gasteiger partial charge >= 0.3 is 6.09 Å². The number of fused-ring (bicyclic) bond motifs is 1. The van der Waals surface area contributed by atoms with Gasteiger partial charge in [-0.05, 0) is 55.3 Å². The zero-order chi connectivity index (χ0) is 32.6. The van der Waals surface area contributed by atoms with Crippen molar-refractivity contribution >= 4 is 51.1 Å². The number of carboxylic acid groups (broad SMARTS) is 1. The van der Waals surface area contributed by atoms with Crippen molar-refractivity contribution in [2.24, 2.45) is 0 Å². The van der Waals surface area contributed by atoms with Crippen LogP contribution in [0.25, 0.3) is 0 Å². The summed E-state index contributed by atoms with van der Waals surface area (Å²) in [6.45, 7) is 2.54. The summed E-state index contributed by atoms with van der Waals surface area (Å²) < 4.78 is 44.0. The minimum Gasteiger partial charge on any atom is -0.465 e. The molecule has 3 unspecified atom stereocenters. The van der Waals surface area contributed by atoms with Crippen LogP contribution < -0.4 is 0 Å². The summed E-state index contributed by atoms with van der Waals surface area (Å²) >= 11 is 12.4. The van der Waals surface area contributed by atoms with E-state index in [-0.39, 0.29) is 30.6 Å². The smallest absolute Gasteiger partial charge is 0.408 e. The van der Waals surface area contributed by atoms with E-state index in [1.165, 1.54) is 9.80 Å². The molecule has 3 aromatic carbocycles. The molecule has 1 N–H and O–H groups in total. The van der Waals surface area contributed by atoms with E-state index in [1.807, 2.05) is 0 Å². The molecular weight excluding hydrogens is 646 g/mol. The molecule has 2 aliphatic heterocycles. The second-order valence-corrected chi connectivity index (χ2v) is 13.9. The maximum atomic E-state index is 14.4. The quantitative estimate of drug-likeness (QED) is 0.370. The van der Waals surface area contributed by atoms with Crippen LogP contribution in [0.3, 0.4) is 0 Å². The van der Waals surface area contributed by atoms with Gasteiger partial charge in [-0.2, -0.15) is 4.31 Å². The van der Waals surface area contributed by atoms with Crippen LogP contribution in [-0.4, -0.2) is 87.8 Å². The monoisotopic (exact) mass is 676 g/mol. The second-order valence-electron chi connectivity index (χ2n) is 11.2. The highest BCUT2D eigenvalue weighted by molar-refractivity contribution is 7.89. The maximum absolute atomic E-state index is 14.4. The molecule has 2 heterocycles. The third kappa shape index (κ3) is 6.51. The highest BCUT2D eigenvalue weighted by Crippen LogP contribution is 2.36. The molecule has 0 radical (unpaired) electrons. The Bertz CT molecular complexity index is 1710. The maximum Gasteiger partial charge on any atom is 0.408 e. The summed E-state index contributed by atoms with van der Waals surface area (Å²) in [6.07, 6.45) is -2.69. The van der Waals surface area contributed by atoms with Gasteiger partial charge in [0, 0.05) is 30.6 Å². The first-order valence-electron chi connectivity index (χ1n) is 14.2. The molecule has 45 heavy (non-hydrogen) atoms. The van der Waals surface area contributed by atoms with E-state index in [0.29, 0.717) is 16.1 Å². The lowest BCUT2D eigenvalue weighted by molar-refractivity contribution is -0.171. The third-order valence-corrected chi connectivity index (χ3v) is 10.7. The fraction of sp³-hybridized carbons (Fsp3) is 0.323. The van der Waals surface area contributed by atoms with Crippen molar-refractivity contribution in [3.05, 3.63) is 99.8 Å². The molecule has 0 aromatic heterocycles. The number of nitrogens with zero attached hydrogens (tertiary/aromatic N) is 4. The van der Waals surface area contributed by atoms with Crippen LogP contribution in [0, 0.1) is 5.82 Å². The number of halogens is 3. The van der Waals surface area contributed by atoms with Crippen LogP contribution in [0.5, 0.6) is 0 Å². The topological polar surface area (TPSA) is 119 Å². The van der Waals surface area contributed by atoms with Gasteiger partial charge in [-0.25, -0.2) is 17.6 Å². The molecule has 0 bridgehead atoms. The Labute approximate surface area is 270 Å². The lowest BCUT2D eigenvalue weighted by Gasteiger charge is -2.55. The van der Waals surface area contributed by atoms with Crippen LogP contribution in [0.15, 0.2) is 77.7 Å². The molecule has 2 fully saturated rings. The number of hydrogen-bond donors (Lipinski definition) is 1. The standard InChI is InChI=1S/C31H31Cl2FN4O6S/c1-19(2)35-18-28-37(45(43,44)27-15-23(34)12-13-24(27)33)17-26(36(31(41)42)16-21-6-4-3-5-7-21)30(40)38(28)25(29(35)39)14-20-8-10-22(32)11-9-20/h3-13,15,19,25-26,28H,14,16-18H2,1-2H3,(H,41,42). The Morgan fingerprint density at radius 3 is 2.27 bits per heavy atom. The van der Waals surface area contributed by atoms with E-state index in [0.717, 1.165) is 27.4 Å². The largest absolute Gasteiger partial charge is 0.465 e. The highest BCUT2D eigenvalue weighted by Gasteiger charge is 2.55. The van der Waals surface area contributed by atoms with Gasteiger partial charge in [0.15, 0.2) is 0 Å². The van der Waals surface area contributed by atoms with Crippen LogP contribution >= 0.6 is 23.2 Å². The van der Waals surface area contributed by atoms with Gasteiger partial charge in [-0.1, -0.05) is 65.7 Å². The highest BCUT2D eigenvalue weighted by atomic mass is 35.5. The predicted octanol–water partition coefficient (Wildman–Crippen LogP) is 4.70. The Kier molecular flexibility index (Phi) is 9.41. The number of sulfonamides is 1. The van der Waals surface area contributed by atoms with E-state index >= 15 is 0 Å². The number of carbonyl (C=O) groups is 3. The molecule has 2 aliphatic rings. The van der Waals surface area contributed by atoms with Crippen molar-refractivity contribution in [2.45, 2.75) is 56.0 Å². The Balaban J connectivity index is 1.67. The molecule has 3 aromatic rings. The first kappa shape index (κ1) is 32.7. The molecule has 0 spiro atoms. The van der Waals surface area contributed by atoms with Gasteiger partial charge < -0.3 is 14.9 Å². The van der Waals surface area contributed by atoms with E-state index in [4.69, 9.17) is 23.2 Å². The molecular formula is C31H31Cl2FN4O6S. The average molecular weight is 678 g/mol. The molecule has 3 atom stereocenters. The summed E-state index contributed by atoms with van der Waals surface area (Å²) in [4.78, 5) is 44.1. The number of benzene rings is 3. The molecule has 10 nitrogen and oxygen atoms in total. The van der Waals surface area contributed by atoms with Crippen LogP contribution in [-0.2, 0) is 32.6 Å². The van der Waals surface area contributed by atoms with Crippen molar-refractivity contribution in [1.29, 1.82) is 0 Å². The minimum absolute atomic E-state index is 0.00848. The molecule has 0 saturated carbocycles. The van der Waals surface area contributed by atoms with Crippen LogP contribution in [0.1, 0.15) is 25.0 Å². The SMILES string of the molecule is CC(C)N1CC2N(C(=O)C(N(Cc3ccccc3)C(=O)O)CN2S(=O)(=O)c2cc(F)ccc2Cl)C(Cc2ccc(Cl)cc2)C1=O. The van der Waals surface area contributed by atoms with E-state index in [2.05, 4.69) is 0 Å². The number of hydrogen-bond acceptors (Lipinski definition) is 5. The molecule has 3 amide bonds. The number of carbonyl (C=O) groups excluding carboxylic acids is 2. The molecule has 0 aliphatic carbocycles. The summed E-state index contributed by atoms with van der Waals surface area (Å²) in [5.41, 5.74) is 1.22. The van der Waals surface area contributed by atoms with Gasteiger partial charge in [-0.15, -0.1) is 0 Å². The third-order valence-electron chi connectivity index (χ3n) is 8.07. The van der Waals surface area contributed by atoms with Crippen LogP contribution in [0.4, 0.5) is 9.18 Å². The number of piperazine rings is 1. The molecule has 14 heteroatoms. The predicted molar refractivity (Wildman–Crippen MR) is 166 cm³/mol. The molecule has 5 rings (SSSR count). The zero-order valence-electron chi connectivity index (χ0n) is 24.4. The Morgan fingerprint density at radius 2 is 1.64 bits per heavy atom. The Hall–Kier alpha value is -3.71. The van der Waals surface area contributed by atoms with Gasteiger partial charge in [-0.3, -0.25) is 14.5 Å². The van der Waals surface area contributed by atoms with E-state index < -0.39 is 63.4 Å². The van der Waals surface area contributed by atoms with Crippen molar-refractivity contribution in [2.75, 3.05) is 13.1 Å². The summed E-state index contributed by atoms with van der Waals surface area (Å²) in [7, 11) is -4.65. The van der Waals surface area contributed by atoms with E-state index in [1.54, 1.807) is 68.4 Å². The van der Waals surface area contributed by atoms with Crippen LogP contribution in [0.2, 0.25) is 10.0 Å². The van der Waals surface area contributed by atoms with E-state index in [9.17, 15) is 32.3 Å². The van der Waals surface area contributed by atoms with Gasteiger partial charge in [0.05, 0.1) is 11.6 Å². The molecule has 2 saturated heterocycles. The van der Waals surface area contributed by atoms with Gasteiger partial charge in [0.25, 0.3) is 0 Å². The number of rotatable bonds is 8. The summed E-state index contributed by atoms with van der Waals surface area (Å²) in [5, 5.41) is 10.5. The Morgan fingerprint density at radius 1 is 0.978 bits per heavy atom. The normalized spacial score (nSPS) is 20.8.